The lowest BCUT2D eigenvalue weighted by Gasteiger charge is -2.73. The molecule has 3 nitrogen and oxygen atoms in total. The molecule has 5 aliphatic carbocycles. The van der Waals surface area contributed by atoms with E-state index in [2.05, 4.69) is 54.2 Å². The molecule has 0 saturated heterocycles. The van der Waals surface area contributed by atoms with Gasteiger partial charge in [-0.05, 0) is 128 Å². The van der Waals surface area contributed by atoms with Crippen molar-refractivity contribution in [2.24, 2.45) is 56.7 Å². The number of aliphatic hydroxyl groups excluding tert-OH is 1. The number of rotatable bonds is 3. The van der Waals surface area contributed by atoms with E-state index in [-0.39, 0.29) is 22.3 Å². The van der Waals surface area contributed by atoms with Crippen molar-refractivity contribution in [1.82, 2.24) is 0 Å². The maximum Gasteiger partial charge on any atom is 0.327 e. The number of carbonyl (C=O) groups is 1. The van der Waals surface area contributed by atoms with Crippen LogP contribution in [0.25, 0.3) is 0 Å². The van der Waals surface area contributed by atoms with Gasteiger partial charge in [-0.3, -0.25) is 0 Å². The van der Waals surface area contributed by atoms with Gasteiger partial charge in [-0.15, -0.1) is 0 Å². The van der Waals surface area contributed by atoms with Gasteiger partial charge in [0.15, 0.2) is 0 Å². The average molecular weight is 483 g/mol. The molecule has 0 aromatic carbocycles. The van der Waals surface area contributed by atoms with Gasteiger partial charge in [0, 0.05) is 6.08 Å². The zero-order valence-corrected chi connectivity index (χ0v) is 23.2. The Kier molecular flexibility index (Phi) is 5.81. The Morgan fingerprint density at radius 1 is 0.857 bits per heavy atom. The zero-order chi connectivity index (χ0) is 25.6. The van der Waals surface area contributed by atoms with Crippen LogP contribution < -0.4 is 0 Å². The topological polar surface area (TPSA) is 57.5 Å². The van der Waals surface area contributed by atoms with Gasteiger partial charge in [0.2, 0.25) is 0 Å². The van der Waals surface area contributed by atoms with Gasteiger partial charge in [0.25, 0.3) is 0 Å². The summed E-state index contributed by atoms with van der Waals surface area (Å²) >= 11 is 0. The van der Waals surface area contributed by atoms with Crippen LogP contribution in [0.1, 0.15) is 106 Å². The fourth-order valence-corrected chi connectivity index (χ4v) is 11.7. The van der Waals surface area contributed by atoms with Crippen LogP contribution in [0.3, 0.4) is 0 Å². The highest BCUT2D eigenvalue weighted by molar-refractivity contribution is 5.79. The highest BCUT2D eigenvalue weighted by Crippen LogP contribution is 2.77. The van der Waals surface area contributed by atoms with Gasteiger partial charge >= 0.3 is 5.97 Å². The molecule has 2 N–H and O–H groups in total. The fraction of sp³-hybridized carbons (Fsp3) is 0.844. The second-order valence-electron chi connectivity index (χ2n) is 15.0. The Labute approximate surface area is 213 Å². The van der Waals surface area contributed by atoms with Gasteiger partial charge in [-0.1, -0.05) is 52.8 Å². The van der Waals surface area contributed by atoms with Crippen molar-refractivity contribution < 1.29 is 15.0 Å². The van der Waals surface area contributed by atoms with Crippen LogP contribution in [-0.2, 0) is 4.79 Å². The summed E-state index contributed by atoms with van der Waals surface area (Å²) in [6.45, 7) is 19.2. The van der Waals surface area contributed by atoms with Crippen LogP contribution in [0.5, 0.6) is 0 Å². The molecule has 0 aromatic heterocycles. The van der Waals surface area contributed by atoms with Gasteiger partial charge in [0.1, 0.15) is 0 Å². The standard InChI is InChI=1S/C32H50O3/c1-20(2)21-10-16-32(17-13-26(34)35)19-18-30(6)22(27(21)32)8-9-24-29(5)14-12-25(33)28(3,4)23(29)11-15-31(24,30)7/h13,17,21-25,27,33H,1,8-12,14-16,18-19H2,2-7H3,(H,34,35)/b17-13+/t21-,22?,23?,24?,25-,27?,29-,30+,31+,32-/m0/s1. The van der Waals surface area contributed by atoms with Gasteiger partial charge in [-0.25, -0.2) is 4.79 Å². The predicted octanol–water partition coefficient (Wildman–Crippen LogP) is 7.65. The van der Waals surface area contributed by atoms with Crippen LogP contribution in [0, 0.1) is 56.7 Å². The first kappa shape index (κ1) is 25.6. The average Bonchev–Trinajstić information content (AvgIpc) is 3.16. The van der Waals surface area contributed by atoms with Crippen molar-refractivity contribution in [3.05, 3.63) is 24.3 Å². The van der Waals surface area contributed by atoms with E-state index < -0.39 is 5.97 Å². The normalized spacial score (nSPS) is 52.8. The molecule has 0 aromatic rings. The minimum absolute atomic E-state index is 0.00801. The Balaban J connectivity index is 1.55. The van der Waals surface area contributed by atoms with Crippen molar-refractivity contribution >= 4 is 5.97 Å². The third-order valence-corrected chi connectivity index (χ3v) is 13.7. The summed E-state index contributed by atoms with van der Waals surface area (Å²) in [5, 5.41) is 20.4. The molecule has 5 rings (SSSR count). The van der Waals surface area contributed by atoms with Gasteiger partial charge in [-0.2, -0.15) is 0 Å². The van der Waals surface area contributed by atoms with Crippen LogP contribution in [0.15, 0.2) is 24.3 Å². The van der Waals surface area contributed by atoms with Crippen LogP contribution >= 0.6 is 0 Å². The Bertz CT molecular complexity index is 933. The number of aliphatic carboxylic acids is 1. The van der Waals surface area contributed by atoms with E-state index in [1.165, 1.54) is 43.8 Å². The molecule has 35 heavy (non-hydrogen) atoms. The molecule has 196 valence electrons. The van der Waals surface area contributed by atoms with E-state index in [0.717, 1.165) is 32.1 Å². The lowest BCUT2D eigenvalue weighted by atomic mass is 9.32. The molecule has 0 heterocycles. The highest BCUT2D eigenvalue weighted by atomic mass is 16.4. The summed E-state index contributed by atoms with van der Waals surface area (Å²) in [7, 11) is 0. The minimum Gasteiger partial charge on any atom is -0.478 e. The molecule has 5 saturated carbocycles. The summed E-state index contributed by atoms with van der Waals surface area (Å²) < 4.78 is 0. The second-order valence-corrected chi connectivity index (χ2v) is 15.0. The van der Waals surface area contributed by atoms with E-state index in [9.17, 15) is 15.0 Å². The number of carboxylic acid groups (broad SMARTS) is 1. The Morgan fingerprint density at radius 3 is 2.23 bits per heavy atom. The van der Waals surface area contributed by atoms with Crippen molar-refractivity contribution in [3.63, 3.8) is 0 Å². The number of aliphatic hydroxyl groups is 1. The smallest absolute Gasteiger partial charge is 0.327 e. The SMILES string of the molecule is C=C(C)[C@@H]1CC[C@]2(/C=C/C(=O)O)CC[C@]3(C)C(CCC4[C@@]5(C)CC[C@H](O)C(C)(C)C5CC[C@]43C)C12. The van der Waals surface area contributed by atoms with Crippen LogP contribution in [0.2, 0.25) is 0 Å². The van der Waals surface area contributed by atoms with Crippen molar-refractivity contribution in [2.75, 3.05) is 0 Å². The van der Waals surface area contributed by atoms with E-state index in [1.807, 2.05) is 0 Å². The predicted molar refractivity (Wildman–Crippen MR) is 142 cm³/mol. The van der Waals surface area contributed by atoms with E-state index >= 15 is 0 Å². The summed E-state index contributed by atoms with van der Waals surface area (Å²) in [4.78, 5) is 11.5. The molecule has 0 aliphatic heterocycles. The van der Waals surface area contributed by atoms with Crippen molar-refractivity contribution in [3.8, 4) is 0 Å². The van der Waals surface area contributed by atoms with Crippen molar-refractivity contribution in [2.45, 2.75) is 112 Å². The molecular formula is C32H50O3. The first-order valence-electron chi connectivity index (χ1n) is 14.5. The minimum atomic E-state index is -0.811. The van der Waals surface area contributed by atoms with E-state index in [0.29, 0.717) is 40.4 Å². The Hall–Kier alpha value is -1.09. The number of allylic oxidation sites excluding steroid dienone is 2. The molecule has 5 fully saturated rings. The Morgan fingerprint density at radius 2 is 1.57 bits per heavy atom. The summed E-state index contributed by atoms with van der Waals surface area (Å²) in [5.41, 5.74) is 2.18. The number of hydrogen-bond donors (Lipinski definition) is 2. The number of hydrogen-bond acceptors (Lipinski definition) is 2. The molecule has 0 amide bonds. The molecule has 0 radical (unpaired) electrons. The summed E-state index contributed by atoms with van der Waals surface area (Å²) in [6.07, 6.45) is 15.1. The highest BCUT2D eigenvalue weighted by Gasteiger charge is 2.70. The largest absolute Gasteiger partial charge is 0.478 e. The molecule has 5 aliphatic rings. The summed E-state index contributed by atoms with van der Waals surface area (Å²) in [6, 6.07) is 0. The summed E-state index contributed by atoms with van der Waals surface area (Å²) in [5.74, 6) is 2.13. The maximum absolute atomic E-state index is 11.5. The number of fused-ring (bicyclic) bond motifs is 7. The zero-order valence-electron chi connectivity index (χ0n) is 23.2. The van der Waals surface area contributed by atoms with Crippen LogP contribution in [0.4, 0.5) is 0 Å². The lowest BCUT2D eigenvalue weighted by molar-refractivity contribution is -0.244. The second kappa shape index (κ2) is 7.95. The van der Waals surface area contributed by atoms with E-state index in [4.69, 9.17) is 0 Å². The first-order valence-corrected chi connectivity index (χ1v) is 14.5. The molecule has 3 heteroatoms. The lowest BCUT2D eigenvalue weighted by Crippen LogP contribution is -2.66. The molecule has 0 spiro atoms. The van der Waals surface area contributed by atoms with Gasteiger partial charge < -0.3 is 10.2 Å². The number of carboxylic acids is 1. The third-order valence-electron chi connectivity index (χ3n) is 13.7. The molecule has 4 unspecified atom stereocenters. The fourth-order valence-electron chi connectivity index (χ4n) is 11.7. The molecular weight excluding hydrogens is 432 g/mol. The maximum atomic E-state index is 11.5. The van der Waals surface area contributed by atoms with Gasteiger partial charge in [0.05, 0.1) is 6.10 Å². The van der Waals surface area contributed by atoms with E-state index in [1.54, 1.807) is 0 Å². The quantitative estimate of drug-likeness (QED) is 0.321. The monoisotopic (exact) mass is 482 g/mol. The molecule has 0 bridgehead atoms. The molecule has 10 atom stereocenters. The third kappa shape index (κ3) is 3.28. The van der Waals surface area contributed by atoms with Crippen LogP contribution in [-0.4, -0.2) is 22.3 Å². The van der Waals surface area contributed by atoms with Crippen molar-refractivity contribution in [1.29, 1.82) is 0 Å². The first-order chi connectivity index (χ1) is 16.2.